The van der Waals surface area contributed by atoms with Gasteiger partial charge in [-0.05, 0) is 54.8 Å². The summed E-state index contributed by atoms with van der Waals surface area (Å²) in [6.07, 6.45) is 2.76. The van der Waals surface area contributed by atoms with Crippen LogP contribution in [0.4, 0.5) is 0 Å². The Hall–Kier alpha value is -7.54. The first-order chi connectivity index (χ1) is 35.7. The minimum Gasteiger partial charge on any atom is -0.481 e. The first-order valence-corrected chi connectivity index (χ1v) is 26.0. The first-order valence-electron chi connectivity index (χ1n) is 24.6. The fourth-order valence-electron chi connectivity index (χ4n) is 7.81. The van der Waals surface area contributed by atoms with Crippen LogP contribution in [0.15, 0.2) is 85.1 Å². The van der Waals surface area contributed by atoms with Gasteiger partial charge in [0.05, 0.1) is 25.2 Å². The highest BCUT2D eigenvalue weighted by Gasteiger charge is 2.34. The van der Waals surface area contributed by atoms with E-state index in [1.807, 2.05) is 13.8 Å². The average Bonchev–Trinajstić information content (AvgIpc) is 3.78. The van der Waals surface area contributed by atoms with Gasteiger partial charge in [0.1, 0.15) is 29.9 Å². The van der Waals surface area contributed by atoms with Crippen LogP contribution in [0.3, 0.4) is 0 Å². The van der Waals surface area contributed by atoms with Gasteiger partial charge in [0.25, 0.3) is 5.91 Å². The molecule has 1 heterocycles. The Bertz CT molecular complexity index is 2720. The summed E-state index contributed by atoms with van der Waals surface area (Å²) in [5.74, 6) is -8.78. The Labute approximate surface area is 434 Å². The molecule has 0 spiro atoms. The molecule has 0 aliphatic heterocycles. The van der Waals surface area contributed by atoms with Crippen LogP contribution in [0.1, 0.15) is 88.8 Å². The van der Waals surface area contributed by atoms with Gasteiger partial charge in [0.15, 0.2) is 0 Å². The van der Waals surface area contributed by atoms with Crippen LogP contribution in [-0.4, -0.2) is 126 Å². The molecule has 0 unspecified atom stereocenters. The molecule has 0 bridgehead atoms. The third-order valence-electron chi connectivity index (χ3n) is 11.9. The van der Waals surface area contributed by atoms with Crippen molar-refractivity contribution in [3.8, 4) is 5.75 Å². The summed E-state index contributed by atoms with van der Waals surface area (Å²) in [5.41, 5.74) is 2.24. The molecule has 0 fully saturated rings. The third kappa shape index (κ3) is 20.4. The van der Waals surface area contributed by atoms with Gasteiger partial charge in [0.2, 0.25) is 41.2 Å². The van der Waals surface area contributed by atoms with E-state index in [4.69, 9.17) is 4.55 Å². The van der Waals surface area contributed by atoms with Crippen LogP contribution in [0, 0.1) is 0 Å². The fourth-order valence-corrected chi connectivity index (χ4v) is 8.17. The zero-order valence-corrected chi connectivity index (χ0v) is 43.1. The Morgan fingerprint density at radius 3 is 1.80 bits per heavy atom. The largest absolute Gasteiger partial charge is 0.481 e. The number of ketones is 1. The van der Waals surface area contributed by atoms with E-state index in [0.717, 1.165) is 6.42 Å². The predicted octanol–water partition coefficient (Wildman–Crippen LogP) is 1.41. The number of carboxylic acids is 1. The molecule has 4 rings (SSSR count). The molecule has 0 saturated heterocycles. The number of nitrogens with one attached hydrogen (secondary N) is 9. The summed E-state index contributed by atoms with van der Waals surface area (Å²) in [7, 11) is -3.24. The number of hydrogen-bond donors (Lipinski definition) is 11. The van der Waals surface area contributed by atoms with Crippen molar-refractivity contribution in [2.24, 2.45) is 0 Å². The van der Waals surface area contributed by atoms with E-state index in [-0.39, 0.29) is 37.9 Å². The van der Waals surface area contributed by atoms with Gasteiger partial charge in [0, 0.05) is 42.8 Å². The number of aliphatic carboxylic acids is 1. The topological polar surface area (TPSA) is 349 Å². The second-order valence-electron chi connectivity index (χ2n) is 17.7. The molecule has 1 aromatic heterocycles. The van der Waals surface area contributed by atoms with Crippen molar-refractivity contribution in [2.75, 3.05) is 13.6 Å². The summed E-state index contributed by atoms with van der Waals surface area (Å²) in [5, 5.41) is 31.2. The van der Waals surface area contributed by atoms with Crippen LogP contribution in [0.2, 0.25) is 0 Å². The van der Waals surface area contributed by atoms with Gasteiger partial charge in [-0.15, -0.1) is 0 Å². The zero-order chi connectivity index (χ0) is 55.1. The maximum atomic E-state index is 14.3. The fraction of sp³-hybridized carbons (Fsp3) is 0.431. The highest BCUT2D eigenvalue weighted by Crippen LogP contribution is 2.20. The van der Waals surface area contributed by atoms with Gasteiger partial charge in [-0.25, -0.2) is 0 Å². The van der Waals surface area contributed by atoms with Crippen molar-refractivity contribution in [1.29, 1.82) is 0 Å². The van der Waals surface area contributed by atoms with Gasteiger partial charge >= 0.3 is 16.4 Å². The van der Waals surface area contributed by atoms with E-state index >= 15 is 0 Å². The van der Waals surface area contributed by atoms with E-state index in [9.17, 15) is 56.7 Å². The Morgan fingerprint density at radius 1 is 0.627 bits per heavy atom. The van der Waals surface area contributed by atoms with Crippen molar-refractivity contribution in [3.05, 3.63) is 102 Å². The normalized spacial score (nSPS) is 13.7. The Balaban J connectivity index is 1.54. The quantitative estimate of drug-likeness (QED) is 0.0187. The number of fused-ring (bicyclic) bond motifs is 1. The van der Waals surface area contributed by atoms with Crippen molar-refractivity contribution >= 4 is 74.4 Å². The highest BCUT2D eigenvalue weighted by atomic mass is 32.3. The number of aromatic amines is 1. The van der Waals surface area contributed by atoms with Gasteiger partial charge in [-0.2, -0.15) is 8.42 Å². The summed E-state index contributed by atoms with van der Waals surface area (Å²) >= 11 is 0. The maximum absolute atomic E-state index is 14.3. The van der Waals surface area contributed by atoms with Crippen LogP contribution in [0.25, 0.3) is 10.9 Å². The number of amides is 7. The number of carboxylic acid groups (broad SMARTS) is 1. The zero-order valence-electron chi connectivity index (χ0n) is 42.2. The molecule has 7 amide bonds. The minimum absolute atomic E-state index is 0.0390. The number of imide groups is 1. The monoisotopic (exact) mass is 1060 g/mol. The molecule has 3 aromatic carbocycles. The number of H-pyrrole nitrogens is 1. The molecule has 11 N–H and O–H groups in total. The number of unbranched alkanes of at least 4 members (excludes halogenated alkanes) is 2. The molecule has 6 atom stereocenters. The van der Waals surface area contributed by atoms with E-state index < -0.39 is 113 Å². The van der Waals surface area contributed by atoms with Crippen LogP contribution in [0.5, 0.6) is 5.75 Å². The molecule has 0 saturated carbocycles. The van der Waals surface area contributed by atoms with Gasteiger partial charge in [-0.1, -0.05) is 107 Å². The smallest absolute Gasteiger partial charge is 0.446 e. The first kappa shape index (κ1) is 60.0. The molecule has 75 heavy (non-hydrogen) atoms. The second kappa shape index (κ2) is 30.0. The lowest BCUT2D eigenvalue weighted by Gasteiger charge is -2.25. The van der Waals surface area contributed by atoms with Crippen LogP contribution in [-0.2, 0) is 72.8 Å². The van der Waals surface area contributed by atoms with Crippen molar-refractivity contribution < 1.29 is 65.4 Å². The maximum Gasteiger partial charge on any atom is 0.446 e. The summed E-state index contributed by atoms with van der Waals surface area (Å²) in [6, 6.07) is 14.2. The number of benzene rings is 3. The van der Waals surface area contributed by atoms with Crippen molar-refractivity contribution in [1.82, 2.24) is 47.5 Å². The molecule has 0 aliphatic rings. The van der Waals surface area contributed by atoms with Crippen molar-refractivity contribution in [2.45, 2.75) is 128 Å². The number of hydrogen-bond acceptors (Lipinski definition) is 14. The predicted molar refractivity (Wildman–Crippen MR) is 275 cm³/mol. The van der Waals surface area contributed by atoms with E-state index in [1.165, 1.54) is 24.3 Å². The van der Waals surface area contributed by atoms with Gasteiger partial charge in [-0.3, -0.25) is 58.3 Å². The lowest BCUT2D eigenvalue weighted by atomic mass is 10.0. The molecular weight excluding hydrogens is 995 g/mol. The lowest BCUT2D eigenvalue weighted by molar-refractivity contribution is -0.141. The second-order valence-corrected chi connectivity index (χ2v) is 18.7. The summed E-state index contributed by atoms with van der Waals surface area (Å²) in [4.78, 5) is 124. The summed E-state index contributed by atoms with van der Waals surface area (Å²) < 4.78 is 35.7. The molecule has 406 valence electrons. The molecule has 0 radical (unpaired) electrons. The molecule has 23 nitrogen and oxygen atoms in total. The van der Waals surface area contributed by atoms with Crippen molar-refractivity contribution in [3.63, 3.8) is 0 Å². The SMILES string of the molecule is CCCC[C@H](NCC(=O)C(=O)N[C@@H](Cc1c[nH]c2ccccc12)C(=O)NC(=O)[C@H](Cc1ccccc1)NC(=O)[C@H](CC(=O)O)NC(=O)[C@H](CCCC)NC)NC(=O)[C@H](Cc1ccc(OS(=O)(=O)O)cc1)NC(=O)CC. The number of Topliss-reactive ketones (excluding diaryl/α,β-unsaturated/α-hetero) is 1. The summed E-state index contributed by atoms with van der Waals surface area (Å²) in [6.45, 7) is 4.77. The van der Waals surface area contributed by atoms with Crippen LogP contribution < -0.4 is 46.7 Å². The van der Waals surface area contributed by atoms with E-state index in [1.54, 1.807) is 74.8 Å². The molecule has 0 aliphatic carbocycles. The van der Waals surface area contributed by atoms with E-state index in [2.05, 4.69) is 51.7 Å². The standard InChI is InChI=1S/C51H67N9O14S/c1-5-8-18-37(52-4)46(65)57-41(28-45(63)64)47(66)56-39(25-31-15-11-10-12-16-31)49(68)60-50(69)40(27-33-29-53-36-19-14-13-17-35(33)36)58-51(70)42(61)30-54-43(20-9-6-2)59-48(67)38(55-44(62)7-3)26-32-21-23-34(24-22-32)74-75(71,72)73/h10-17,19,21-24,29,37-41,43,52-54H,5-9,18,20,25-28,30H2,1-4H3,(H,55,62)(H,56,66)(H,57,65)(H,58,70)(H,59,67)(H,63,64)(H,60,68,69)(H,71,72,73)/t37-,38-,39-,40-,41-,43+/m0/s1. The molecule has 24 heteroatoms. The molecule has 4 aromatic rings. The Kier molecular flexibility index (Phi) is 24.0. The van der Waals surface area contributed by atoms with Gasteiger partial charge < -0.3 is 46.2 Å². The third-order valence-corrected chi connectivity index (χ3v) is 12.3. The number of likely N-dealkylation sites (N-methyl/N-ethyl adjacent to an activating group) is 1. The number of carbonyl (C=O) groups excluding carboxylic acids is 8. The Morgan fingerprint density at radius 2 is 1.19 bits per heavy atom. The number of para-hydroxylation sites is 1. The lowest BCUT2D eigenvalue weighted by Crippen LogP contribution is -2.59. The number of carbonyl (C=O) groups is 9. The molecular formula is C51H67N9O14S. The highest BCUT2D eigenvalue weighted by molar-refractivity contribution is 7.81. The van der Waals surface area contributed by atoms with Crippen LogP contribution >= 0.6 is 0 Å². The number of rotatable bonds is 32. The average molecular weight is 1060 g/mol. The minimum atomic E-state index is -4.79. The van der Waals surface area contributed by atoms with E-state index in [0.29, 0.717) is 53.3 Å². The number of aromatic nitrogens is 1.